The first-order chi connectivity index (χ1) is 6.31. The Morgan fingerprint density at radius 3 is 3.08 bits per heavy atom. The molecular formula is C7H7N3O2S. The number of nitrogen functional groups attached to an aromatic ring is 1. The monoisotopic (exact) mass is 197 g/mol. The number of hydrogen-bond donors (Lipinski definition) is 1. The van der Waals surface area contributed by atoms with Crippen molar-refractivity contribution in [3.8, 4) is 16.5 Å². The second-order valence-corrected chi connectivity index (χ2v) is 3.19. The fraction of sp³-hybridized carbons (Fsp3) is 0.143. The Hall–Kier alpha value is -1.56. The molecule has 0 aliphatic heterocycles. The predicted molar refractivity (Wildman–Crippen MR) is 48.6 cm³/mol. The minimum Gasteiger partial charge on any atom is -0.495 e. The minimum atomic E-state index is 0.130. The first-order valence-corrected chi connectivity index (χ1v) is 4.40. The topological polar surface area (TPSA) is 74.2 Å². The summed E-state index contributed by atoms with van der Waals surface area (Å²) in [4.78, 5) is 4.69. The molecule has 0 aliphatic carbocycles. The molecule has 5 nitrogen and oxygen atoms in total. The van der Waals surface area contributed by atoms with Crippen LogP contribution in [0.25, 0.3) is 10.8 Å². The lowest BCUT2D eigenvalue weighted by molar-refractivity contribution is 0.408. The van der Waals surface area contributed by atoms with Crippen LogP contribution in [0.15, 0.2) is 16.0 Å². The molecule has 0 amide bonds. The maximum atomic E-state index is 5.32. The van der Waals surface area contributed by atoms with Gasteiger partial charge in [-0.25, -0.2) is 0 Å². The fourth-order valence-electron chi connectivity index (χ4n) is 0.941. The van der Waals surface area contributed by atoms with Gasteiger partial charge in [-0.1, -0.05) is 0 Å². The highest BCUT2D eigenvalue weighted by molar-refractivity contribution is 7.13. The van der Waals surface area contributed by atoms with Crippen LogP contribution in [0.5, 0.6) is 5.75 Å². The highest BCUT2D eigenvalue weighted by Crippen LogP contribution is 2.34. The van der Waals surface area contributed by atoms with Gasteiger partial charge in [-0.3, -0.25) is 0 Å². The molecule has 68 valence electrons. The molecule has 0 atom stereocenters. The van der Waals surface area contributed by atoms with Gasteiger partial charge in [-0.15, -0.1) is 11.3 Å². The molecule has 2 N–H and O–H groups in total. The van der Waals surface area contributed by atoms with Gasteiger partial charge in [0.1, 0.15) is 10.6 Å². The molecule has 6 heteroatoms. The number of nitrogens with two attached hydrogens (primary N) is 1. The average Bonchev–Trinajstić information content (AvgIpc) is 2.71. The lowest BCUT2D eigenvalue weighted by atomic mass is 10.4. The third-order valence-corrected chi connectivity index (χ3v) is 2.37. The van der Waals surface area contributed by atoms with Crippen molar-refractivity contribution in [2.45, 2.75) is 0 Å². The molecule has 0 saturated heterocycles. The molecule has 0 saturated carbocycles. The minimum absolute atomic E-state index is 0.130. The van der Waals surface area contributed by atoms with E-state index in [0.717, 1.165) is 4.88 Å². The molecule has 2 aromatic rings. The summed E-state index contributed by atoms with van der Waals surface area (Å²) in [6, 6.07) is 1.83. The number of nitrogens with zero attached hydrogens (tertiary/aromatic N) is 2. The average molecular weight is 197 g/mol. The Kier molecular flexibility index (Phi) is 1.90. The van der Waals surface area contributed by atoms with Crippen molar-refractivity contribution in [2.75, 3.05) is 12.8 Å². The molecule has 0 radical (unpaired) electrons. The quantitative estimate of drug-likeness (QED) is 0.787. The molecule has 0 bridgehead atoms. The Morgan fingerprint density at radius 2 is 2.46 bits per heavy atom. The summed E-state index contributed by atoms with van der Waals surface area (Å²) in [5.41, 5.74) is 5.32. The van der Waals surface area contributed by atoms with Gasteiger partial charge >= 0.3 is 0 Å². The summed E-state index contributed by atoms with van der Waals surface area (Å²) in [5, 5.41) is 5.37. The van der Waals surface area contributed by atoms with E-state index in [4.69, 9.17) is 15.0 Å². The lowest BCUT2D eigenvalue weighted by Gasteiger charge is -1.95. The van der Waals surface area contributed by atoms with Gasteiger partial charge in [0.25, 0.3) is 11.8 Å². The van der Waals surface area contributed by atoms with E-state index < -0.39 is 0 Å². The van der Waals surface area contributed by atoms with Gasteiger partial charge < -0.3 is 15.0 Å². The van der Waals surface area contributed by atoms with Gasteiger partial charge in [0.15, 0.2) is 0 Å². The van der Waals surface area contributed by atoms with E-state index in [1.807, 2.05) is 11.4 Å². The molecule has 0 unspecified atom stereocenters. The largest absolute Gasteiger partial charge is 0.495 e. The van der Waals surface area contributed by atoms with Crippen LogP contribution in [0.3, 0.4) is 0 Å². The predicted octanol–water partition coefficient (Wildman–Crippen LogP) is 1.39. The van der Waals surface area contributed by atoms with Crippen molar-refractivity contribution in [3.05, 3.63) is 11.4 Å². The fourth-order valence-corrected chi connectivity index (χ4v) is 1.72. The van der Waals surface area contributed by atoms with Gasteiger partial charge in [0, 0.05) is 0 Å². The molecule has 13 heavy (non-hydrogen) atoms. The van der Waals surface area contributed by atoms with E-state index in [9.17, 15) is 0 Å². The third-order valence-electron chi connectivity index (χ3n) is 1.48. The number of aromatic nitrogens is 2. The van der Waals surface area contributed by atoms with Crippen LogP contribution < -0.4 is 10.5 Å². The lowest BCUT2D eigenvalue weighted by Crippen LogP contribution is -1.86. The SMILES string of the molecule is COc1ccsc1-c1nc(N)no1. The molecule has 2 rings (SSSR count). The van der Waals surface area contributed by atoms with Gasteiger partial charge in [0.05, 0.1) is 7.11 Å². The summed E-state index contributed by atoms with van der Waals surface area (Å²) in [7, 11) is 1.59. The van der Waals surface area contributed by atoms with E-state index in [1.165, 1.54) is 11.3 Å². The Bertz CT molecular complexity index is 409. The summed E-state index contributed by atoms with van der Waals surface area (Å²) >= 11 is 1.46. The smallest absolute Gasteiger partial charge is 0.273 e. The zero-order valence-corrected chi connectivity index (χ0v) is 7.67. The molecule has 2 heterocycles. The van der Waals surface area contributed by atoms with Crippen molar-refractivity contribution < 1.29 is 9.26 Å². The number of thiophene rings is 1. The second-order valence-electron chi connectivity index (χ2n) is 2.28. The highest BCUT2D eigenvalue weighted by Gasteiger charge is 2.13. The van der Waals surface area contributed by atoms with Crippen LogP contribution in [0.2, 0.25) is 0 Å². The van der Waals surface area contributed by atoms with Crippen LogP contribution in [-0.2, 0) is 0 Å². The van der Waals surface area contributed by atoms with Crippen molar-refractivity contribution in [2.24, 2.45) is 0 Å². The third kappa shape index (κ3) is 1.35. The summed E-state index contributed by atoms with van der Waals surface area (Å²) in [6.07, 6.45) is 0. The summed E-state index contributed by atoms with van der Waals surface area (Å²) < 4.78 is 9.99. The van der Waals surface area contributed by atoms with Gasteiger partial charge in [0.2, 0.25) is 0 Å². The first kappa shape index (κ1) is 8.06. The van der Waals surface area contributed by atoms with Crippen molar-refractivity contribution >= 4 is 17.3 Å². The normalized spacial score (nSPS) is 10.2. The van der Waals surface area contributed by atoms with Crippen LogP contribution in [-0.4, -0.2) is 17.3 Å². The Labute approximate surface area is 78.1 Å². The van der Waals surface area contributed by atoms with E-state index in [1.54, 1.807) is 7.11 Å². The van der Waals surface area contributed by atoms with Gasteiger partial charge in [-0.05, 0) is 16.6 Å². The molecule has 0 aromatic carbocycles. The number of rotatable bonds is 2. The number of hydrogen-bond acceptors (Lipinski definition) is 6. The van der Waals surface area contributed by atoms with Crippen molar-refractivity contribution in [1.29, 1.82) is 0 Å². The molecular weight excluding hydrogens is 190 g/mol. The van der Waals surface area contributed by atoms with Crippen LogP contribution in [0.4, 0.5) is 5.95 Å². The van der Waals surface area contributed by atoms with E-state index in [-0.39, 0.29) is 5.95 Å². The van der Waals surface area contributed by atoms with Crippen LogP contribution in [0, 0.1) is 0 Å². The van der Waals surface area contributed by atoms with Gasteiger partial charge in [-0.2, -0.15) is 4.98 Å². The molecule has 0 aliphatic rings. The number of methoxy groups -OCH3 is 1. The standard InChI is InChI=1S/C7H7N3O2S/c1-11-4-2-3-13-5(4)6-9-7(8)10-12-6/h2-3H,1H3,(H2,8,10). The molecule has 2 aromatic heterocycles. The van der Waals surface area contributed by atoms with E-state index in [0.29, 0.717) is 11.6 Å². The zero-order chi connectivity index (χ0) is 9.26. The molecule has 0 spiro atoms. The summed E-state index contributed by atoms with van der Waals surface area (Å²) in [5.74, 6) is 1.24. The highest BCUT2D eigenvalue weighted by atomic mass is 32.1. The van der Waals surface area contributed by atoms with Crippen LogP contribution in [0.1, 0.15) is 0 Å². The van der Waals surface area contributed by atoms with Crippen LogP contribution >= 0.6 is 11.3 Å². The summed E-state index contributed by atoms with van der Waals surface area (Å²) in [6.45, 7) is 0. The Morgan fingerprint density at radius 1 is 1.62 bits per heavy atom. The zero-order valence-electron chi connectivity index (χ0n) is 6.85. The van der Waals surface area contributed by atoms with E-state index >= 15 is 0 Å². The maximum absolute atomic E-state index is 5.32. The second kappa shape index (κ2) is 3.06. The van der Waals surface area contributed by atoms with E-state index in [2.05, 4.69) is 10.1 Å². The Balaban J connectivity index is 2.45. The maximum Gasteiger partial charge on any atom is 0.273 e. The molecule has 0 fully saturated rings. The van der Waals surface area contributed by atoms with Crippen molar-refractivity contribution in [3.63, 3.8) is 0 Å². The number of ether oxygens (including phenoxy) is 1. The van der Waals surface area contributed by atoms with Crippen molar-refractivity contribution in [1.82, 2.24) is 10.1 Å². The first-order valence-electron chi connectivity index (χ1n) is 3.52. The number of anilines is 1.